The monoisotopic (exact) mass is 224 g/mol. The molecule has 1 aliphatic rings. The fourth-order valence-corrected chi connectivity index (χ4v) is 3.04. The van der Waals surface area contributed by atoms with Crippen LogP contribution in [0.2, 0.25) is 0 Å². The van der Waals surface area contributed by atoms with Crippen LogP contribution in [-0.4, -0.2) is 32.5 Å². The first-order chi connectivity index (χ1) is 7.26. The van der Waals surface area contributed by atoms with Gasteiger partial charge in [0.25, 0.3) is 0 Å². The zero-order valence-corrected chi connectivity index (χ0v) is 9.88. The van der Waals surface area contributed by atoms with Gasteiger partial charge in [0, 0.05) is 24.2 Å². The number of thioether (sulfide) groups is 1. The van der Waals surface area contributed by atoms with Crippen LogP contribution in [0.25, 0.3) is 0 Å². The minimum atomic E-state index is 0.441. The van der Waals surface area contributed by atoms with E-state index in [1.54, 1.807) is 7.11 Å². The number of anilines is 1. The zero-order valence-electron chi connectivity index (χ0n) is 9.06. The van der Waals surface area contributed by atoms with Crippen molar-refractivity contribution in [2.45, 2.75) is 10.9 Å². The van der Waals surface area contributed by atoms with Crippen LogP contribution < -0.4 is 15.4 Å². The first kappa shape index (κ1) is 10.6. The first-order valence-corrected chi connectivity index (χ1v) is 5.98. The van der Waals surface area contributed by atoms with Gasteiger partial charge in [0.15, 0.2) is 0 Å². The van der Waals surface area contributed by atoms with Crippen LogP contribution in [0.4, 0.5) is 5.69 Å². The van der Waals surface area contributed by atoms with E-state index in [-0.39, 0.29) is 0 Å². The molecular formula is C11H16N2OS. The second-order valence-corrected chi connectivity index (χ2v) is 4.71. The van der Waals surface area contributed by atoms with Crippen LogP contribution in [-0.2, 0) is 0 Å². The quantitative estimate of drug-likeness (QED) is 0.827. The van der Waals surface area contributed by atoms with E-state index in [1.807, 2.05) is 17.8 Å². The second kappa shape index (κ2) is 4.33. The van der Waals surface area contributed by atoms with Crippen molar-refractivity contribution < 1.29 is 4.74 Å². The van der Waals surface area contributed by atoms with Crippen molar-refractivity contribution >= 4 is 17.4 Å². The summed E-state index contributed by atoms with van der Waals surface area (Å²) in [6.07, 6.45) is 0. The second-order valence-electron chi connectivity index (χ2n) is 3.65. The summed E-state index contributed by atoms with van der Waals surface area (Å²) in [5.74, 6) is 1.97. The summed E-state index contributed by atoms with van der Waals surface area (Å²) >= 11 is 1.85. The molecule has 2 N–H and O–H groups in total. The molecule has 0 aliphatic carbocycles. The fraction of sp³-hybridized carbons (Fsp3) is 0.455. The lowest BCUT2D eigenvalue weighted by atomic mass is 10.2. The van der Waals surface area contributed by atoms with Gasteiger partial charge in [-0.05, 0) is 18.2 Å². The van der Waals surface area contributed by atoms with Gasteiger partial charge >= 0.3 is 0 Å². The smallest absolute Gasteiger partial charge is 0.120 e. The van der Waals surface area contributed by atoms with Crippen LogP contribution in [0.3, 0.4) is 0 Å². The summed E-state index contributed by atoms with van der Waals surface area (Å²) in [5.41, 5.74) is 6.98. The van der Waals surface area contributed by atoms with E-state index in [1.165, 1.54) is 10.6 Å². The Labute approximate surface area is 94.6 Å². The Morgan fingerprint density at radius 1 is 1.60 bits per heavy atom. The molecule has 1 unspecified atom stereocenters. The van der Waals surface area contributed by atoms with Crippen molar-refractivity contribution in [2.24, 2.45) is 5.73 Å². The number of fused-ring (bicyclic) bond motifs is 1. The summed E-state index contributed by atoms with van der Waals surface area (Å²) in [6, 6.07) is 6.62. The SMILES string of the molecule is COc1ccc2c(c1)SCC(CN)N2C. The van der Waals surface area contributed by atoms with Gasteiger partial charge in [0.2, 0.25) is 0 Å². The average Bonchev–Trinajstić information content (AvgIpc) is 2.29. The van der Waals surface area contributed by atoms with E-state index >= 15 is 0 Å². The van der Waals surface area contributed by atoms with Gasteiger partial charge in [-0.25, -0.2) is 0 Å². The highest BCUT2D eigenvalue weighted by atomic mass is 32.2. The zero-order chi connectivity index (χ0) is 10.8. The number of nitrogens with zero attached hydrogens (tertiary/aromatic N) is 1. The number of methoxy groups -OCH3 is 1. The molecule has 4 heteroatoms. The molecule has 0 saturated heterocycles. The van der Waals surface area contributed by atoms with Gasteiger partial charge in [-0.1, -0.05) is 0 Å². The minimum absolute atomic E-state index is 0.441. The summed E-state index contributed by atoms with van der Waals surface area (Å²) in [7, 11) is 3.80. The van der Waals surface area contributed by atoms with Crippen LogP contribution >= 0.6 is 11.8 Å². The molecule has 1 heterocycles. The van der Waals surface area contributed by atoms with Crippen molar-refractivity contribution in [3.63, 3.8) is 0 Å². The van der Waals surface area contributed by atoms with Crippen molar-refractivity contribution in [3.8, 4) is 5.75 Å². The van der Waals surface area contributed by atoms with E-state index in [2.05, 4.69) is 24.1 Å². The van der Waals surface area contributed by atoms with Crippen molar-refractivity contribution in [3.05, 3.63) is 18.2 Å². The maximum Gasteiger partial charge on any atom is 0.120 e. The average molecular weight is 224 g/mol. The summed E-state index contributed by atoms with van der Waals surface area (Å²) in [5, 5.41) is 0. The molecule has 0 spiro atoms. The third-order valence-electron chi connectivity index (χ3n) is 2.80. The maximum absolute atomic E-state index is 5.73. The maximum atomic E-state index is 5.73. The molecule has 82 valence electrons. The highest BCUT2D eigenvalue weighted by molar-refractivity contribution is 7.99. The molecule has 3 nitrogen and oxygen atoms in total. The molecule has 1 atom stereocenters. The number of benzene rings is 1. The third-order valence-corrected chi connectivity index (χ3v) is 3.99. The molecule has 1 aromatic carbocycles. The van der Waals surface area contributed by atoms with Gasteiger partial charge in [-0.3, -0.25) is 0 Å². The molecule has 2 rings (SSSR count). The van der Waals surface area contributed by atoms with Crippen LogP contribution in [0, 0.1) is 0 Å². The van der Waals surface area contributed by atoms with Gasteiger partial charge in [0.1, 0.15) is 5.75 Å². The van der Waals surface area contributed by atoms with Crippen molar-refractivity contribution in [1.29, 1.82) is 0 Å². The minimum Gasteiger partial charge on any atom is -0.497 e. The molecule has 0 saturated carbocycles. The molecular weight excluding hydrogens is 208 g/mol. The fourth-order valence-electron chi connectivity index (χ4n) is 1.75. The Balaban J connectivity index is 2.33. The number of ether oxygens (including phenoxy) is 1. The Morgan fingerprint density at radius 2 is 2.40 bits per heavy atom. The standard InChI is InChI=1S/C11H16N2OS/c1-13-8(6-12)7-15-11-5-9(14-2)3-4-10(11)13/h3-5,8H,6-7,12H2,1-2H3. The van der Waals surface area contributed by atoms with Gasteiger partial charge in [0.05, 0.1) is 18.8 Å². The number of likely N-dealkylation sites (N-methyl/N-ethyl adjacent to an activating group) is 1. The Morgan fingerprint density at radius 3 is 3.07 bits per heavy atom. The number of rotatable bonds is 2. The van der Waals surface area contributed by atoms with E-state index in [9.17, 15) is 0 Å². The Kier molecular flexibility index (Phi) is 3.07. The predicted molar refractivity (Wildman–Crippen MR) is 65.0 cm³/mol. The van der Waals surface area contributed by atoms with E-state index in [0.717, 1.165) is 11.5 Å². The van der Waals surface area contributed by atoms with Crippen LogP contribution in [0.5, 0.6) is 5.75 Å². The van der Waals surface area contributed by atoms with Gasteiger partial charge < -0.3 is 15.4 Å². The first-order valence-electron chi connectivity index (χ1n) is 5.00. The third kappa shape index (κ3) is 1.92. The summed E-state index contributed by atoms with van der Waals surface area (Å²) in [6.45, 7) is 0.703. The molecule has 1 aromatic rings. The topological polar surface area (TPSA) is 38.5 Å². The molecule has 0 aromatic heterocycles. The van der Waals surface area contributed by atoms with Gasteiger partial charge in [-0.15, -0.1) is 11.8 Å². The number of nitrogens with two attached hydrogens (primary N) is 1. The summed E-state index contributed by atoms with van der Waals surface area (Å²) in [4.78, 5) is 3.53. The molecule has 0 radical (unpaired) electrons. The molecule has 1 aliphatic heterocycles. The van der Waals surface area contributed by atoms with Gasteiger partial charge in [-0.2, -0.15) is 0 Å². The Hall–Kier alpha value is -0.870. The lowest BCUT2D eigenvalue weighted by Gasteiger charge is -2.34. The molecule has 15 heavy (non-hydrogen) atoms. The summed E-state index contributed by atoms with van der Waals surface area (Å²) < 4.78 is 5.21. The number of hydrogen-bond donors (Lipinski definition) is 1. The van der Waals surface area contributed by atoms with E-state index < -0.39 is 0 Å². The predicted octanol–water partition coefficient (Wildman–Crippen LogP) is 1.56. The normalized spacial score (nSPS) is 19.9. The lowest BCUT2D eigenvalue weighted by molar-refractivity contribution is 0.413. The Bertz CT molecular complexity index is 356. The largest absolute Gasteiger partial charge is 0.497 e. The highest BCUT2D eigenvalue weighted by Gasteiger charge is 2.22. The molecule has 0 fully saturated rings. The highest BCUT2D eigenvalue weighted by Crippen LogP contribution is 2.38. The van der Waals surface area contributed by atoms with Crippen LogP contribution in [0.15, 0.2) is 23.1 Å². The van der Waals surface area contributed by atoms with Crippen molar-refractivity contribution in [1.82, 2.24) is 0 Å². The number of hydrogen-bond acceptors (Lipinski definition) is 4. The lowest BCUT2D eigenvalue weighted by Crippen LogP contribution is -2.42. The van der Waals surface area contributed by atoms with Crippen LogP contribution in [0.1, 0.15) is 0 Å². The van der Waals surface area contributed by atoms with E-state index in [0.29, 0.717) is 12.6 Å². The van der Waals surface area contributed by atoms with E-state index in [4.69, 9.17) is 10.5 Å². The van der Waals surface area contributed by atoms with Crippen molar-refractivity contribution in [2.75, 3.05) is 31.4 Å². The molecule has 0 bridgehead atoms. The molecule has 0 amide bonds.